The van der Waals surface area contributed by atoms with Gasteiger partial charge in [-0.15, -0.1) is 0 Å². The third kappa shape index (κ3) is 2.41. The van der Waals surface area contributed by atoms with Crippen LogP contribution in [0.15, 0.2) is 29.0 Å². The second kappa shape index (κ2) is 4.93. The van der Waals surface area contributed by atoms with Gasteiger partial charge in [-0.2, -0.15) is 5.10 Å². The molecule has 0 spiro atoms. The number of anilines is 1. The summed E-state index contributed by atoms with van der Waals surface area (Å²) in [4.78, 5) is 12.1. The summed E-state index contributed by atoms with van der Waals surface area (Å²) in [5, 5.41) is 9.11. The molecule has 2 N–H and O–H groups in total. The van der Waals surface area contributed by atoms with E-state index in [-0.39, 0.29) is 5.91 Å². The topological polar surface area (TPSA) is 76.2 Å². The van der Waals surface area contributed by atoms with Gasteiger partial charge < -0.3 is 14.8 Å². The van der Waals surface area contributed by atoms with Crippen LogP contribution < -0.4 is 14.8 Å². The van der Waals surface area contributed by atoms with Crippen LogP contribution in [0.4, 0.5) is 5.69 Å². The predicted octanol–water partition coefficient (Wildman–Crippen LogP) is 2.20. The molecule has 1 aliphatic heterocycles. The highest BCUT2D eigenvalue weighted by Crippen LogP contribution is 2.38. The molecule has 1 aliphatic rings. The van der Waals surface area contributed by atoms with Crippen LogP contribution in [0, 0.1) is 0 Å². The lowest BCUT2D eigenvalue weighted by atomic mass is 10.2. The van der Waals surface area contributed by atoms with E-state index in [1.807, 2.05) is 0 Å². The van der Waals surface area contributed by atoms with Gasteiger partial charge in [-0.1, -0.05) is 0 Å². The summed E-state index contributed by atoms with van der Waals surface area (Å²) < 4.78 is 11.6. The maximum Gasteiger partial charge on any atom is 0.255 e. The van der Waals surface area contributed by atoms with Gasteiger partial charge in [0, 0.05) is 11.8 Å². The molecular weight excluding hydrogens is 314 g/mol. The van der Waals surface area contributed by atoms with Gasteiger partial charge in [-0.05, 0) is 28.1 Å². The van der Waals surface area contributed by atoms with E-state index >= 15 is 0 Å². The Kier molecular flexibility index (Phi) is 3.12. The van der Waals surface area contributed by atoms with E-state index < -0.39 is 0 Å². The molecule has 0 aliphatic carbocycles. The van der Waals surface area contributed by atoms with E-state index in [0.717, 1.165) is 0 Å². The summed E-state index contributed by atoms with van der Waals surface area (Å²) in [5.41, 5.74) is 1.09. The molecule has 3 rings (SSSR count). The van der Waals surface area contributed by atoms with E-state index in [9.17, 15) is 4.79 Å². The first-order chi connectivity index (χ1) is 9.24. The molecule has 2 heterocycles. The Morgan fingerprint density at radius 2 is 2.21 bits per heavy atom. The molecule has 6 nitrogen and oxygen atoms in total. The number of nitrogens with zero attached hydrogens (tertiary/aromatic N) is 1. The van der Waals surface area contributed by atoms with Crippen LogP contribution >= 0.6 is 15.9 Å². The fourth-order valence-corrected chi connectivity index (χ4v) is 2.32. The Morgan fingerprint density at radius 1 is 1.37 bits per heavy atom. The van der Waals surface area contributed by atoms with Crippen molar-refractivity contribution in [1.29, 1.82) is 0 Å². The maximum absolute atomic E-state index is 12.1. The summed E-state index contributed by atoms with van der Waals surface area (Å²) >= 11 is 3.38. The molecule has 7 heteroatoms. The second-order valence-electron chi connectivity index (χ2n) is 3.92. The minimum atomic E-state index is -0.237. The van der Waals surface area contributed by atoms with Crippen LogP contribution in [-0.2, 0) is 0 Å². The first kappa shape index (κ1) is 12.0. The van der Waals surface area contributed by atoms with Crippen molar-refractivity contribution in [1.82, 2.24) is 10.2 Å². The lowest BCUT2D eigenvalue weighted by Gasteiger charge is -2.20. The summed E-state index contributed by atoms with van der Waals surface area (Å²) in [7, 11) is 0. The zero-order valence-electron chi connectivity index (χ0n) is 9.77. The van der Waals surface area contributed by atoms with E-state index in [1.54, 1.807) is 18.3 Å². The molecule has 0 unspecified atom stereocenters. The van der Waals surface area contributed by atoms with Gasteiger partial charge in [0.25, 0.3) is 5.91 Å². The van der Waals surface area contributed by atoms with Gasteiger partial charge in [0.1, 0.15) is 13.2 Å². The fraction of sp³-hybridized carbons (Fsp3) is 0.167. The number of benzene rings is 1. The zero-order chi connectivity index (χ0) is 13.2. The largest absolute Gasteiger partial charge is 0.486 e. The van der Waals surface area contributed by atoms with Crippen LogP contribution in [0.25, 0.3) is 0 Å². The maximum atomic E-state index is 12.1. The summed E-state index contributed by atoms with van der Waals surface area (Å²) in [5.74, 6) is 0.961. The minimum Gasteiger partial charge on any atom is -0.486 e. The molecule has 0 bridgehead atoms. The normalized spacial score (nSPS) is 13.1. The standard InChI is InChI=1S/C12H10BrN3O3/c13-9-3-7(4-10-11(9)19-2-1-18-10)12(17)16-8-5-14-15-6-8/h3-6H,1-2H2,(H,14,15)(H,16,17). The van der Waals surface area contributed by atoms with Crippen molar-refractivity contribution in [2.24, 2.45) is 0 Å². The predicted molar refractivity (Wildman–Crippen MR) is 71.7 cm³/mol. The van der Waals surface area contributed by atoms with E-state index in [2.05, 4.69) is 31.4 Å². The van der Waals surface area contributed by atoms with E-state index in [1.165, 1.54) is 6.20 Å². The molecular formula is C12H10BrN3O3. The molecule has 98 valence electrons. The smallest absolute Gasteiger partial charge is 0.255 e. The lowest BCUT2D eigenvalue weighted by Crippen LogP contribution is -2.17. The van der Waals surface area contributed by atoms with Gasteiger partial charge in [-0.25, -0.2) is 0 Å². The number of aromatic amines is 1. The van der Waals surface area contributed by atoms with Crippen LogP contribution in [0.5, 0.6) is 11.5 Å². The van der Waals surface area contributed by atoms with Gasteiger partial charge in [-0.3, -0.25) is 9.89 Å². The average molecular weight is 324 g/mol. The number of hydrogen-bond acceptors (Lipinski definition) is 4. The second-order valence-corrected chi connectivity index (χ2v) is 4.78. The molecule has 0 fully saturated rings. The molecule has 2 aromatic rings. The minimum absolute atomic E-state index is 0.237. The summed E-state index contributed by atoms with van der Waals surface area (Å²) in [6, 6.07) is 3.36. The number of fused-ring (bicyclic) bond motifs is 1. The van der Waals surface area contributed by atoms with Crippen LogP contribution in [0.3, 0.4) is 0 Å². The molecule has 0 saturated heterocycles. The number of amides is 1. The number of rotatable bonds is 2. The van der Waals surface area contributed by atoms with Crippen LogP contribution in [0.2, 0.25) is 0 Å². The Bertz CT molecular complexity index is 613. The first-order valence-corrected chi connectivity index (χ1v) is 6.42. The van der Waals surface area contributed by atoms with Crippen molar-refractivity contribution in [2.45, 2.75) is 0 Å². The Hall–Kier alpha value is -2.02. The number of carbonyl (C=O) groups is 1. The number of hydrogen-bond donors (Lipinski definition) is 2. The summed E-state index contributed by atoms with van der Waals surface area (Å²) in [6.07, 6.45) is 3.13. The summed E-state index contributed by atoms with van der Waals surface area (Å²) in [6.45, 7) is 0.985. The van der Waals surface area contributed by atoms with Crippen molar-refractivity contribution in [3.05, 3.63) is 34.6 Å². The molecule has 19 heavy (non-hydrogen) atoms. The van der Waals surface area contributed by atoms with Crippen molar-refractivity contribution in [3.8, 4) is 11.5 Å². The first-order valence-electron chi connectivity index (χ1n) is 5.63. The molecule has 1 aromatic carbocycles. The van der Waals surface area contributed by atoms with Crippen molar-refractivity contribution in [3.63, 3.8) is 0 Å². The fourth-order valence-electron chi connectivity index (χ4n) is 1.76. The average Bonchev–Trinajstić information content (AvgIpc) is 2.91. The molecule has 0 atom stereocenters. The number of nitrogens with one attached hydrogen (secondary N) is 2. The lowest BCUT2D eigenvalue weighted by molar-refractivity contribution is 0.102. The highest BCUT2D eigenvalue weighted by molar-refractivity contribution is 9.10. The van der Waals surface area contributed by atoms with E-state index in [4.69, 9.17) is 9.47 Å². The SMILES string of the molecule is O=C(Nc1cn[nH]c1)c1cc(Br)c2c(c1)OCCO2. The van der Waals surface area contributed by atoms with Crippen LogP contribution in [-0.4, -0.2) is 29.3 Å². The van der Waals surface area contributed by atoms with Crippen LogP contribution in [0.1, 0.15) is 10.4 Å². The quantitative estimate of drug-likeness (QED) is 0.888. The Labute approximate surface area is 117 Å². The zero-order valence-corrected chi connectivity index (χ0v) is 11.4. The van der Waals surface area contributed by atoms with Gasteiger partial charge >= 0.3 is 0 Å². The van der Waals surface area contributed by atoms with Crippen molar-refractivity contribution < 1.29 is 14.3 Å². The molecule has 1 amide bonds. The highest BCUT2D eigenvalue weighted by atomic mass is 79.9. The number of ether oxygens (including phenoxy) is 2. The van der Waals surface area contributed by atoms with Crippen molar-refractivity contribution >= 4 is 27.5 Å². The Morgan fingerprint density at radius 3 is 3.00 bits per heavy atom. The van der Waals surface area contributed by atoms with Crippen molar-refractivity contribution in [2.75, 3.05) is 18.5 Å². The van der Waals surface area contributed by atoms with E-state index in [0.29, 0.717) is 40.4 Å². The van der Waals surface area contributed by atoms with Gasteiger partial charge in [0.15, 0.2) is 11.5 Å². The Balaban J connectivity index is 1.88. The number of carbonyl (C=O) groups excluding carboxylic acids is 1. The van der Waals surface area contributed by atoms with Gasteiger partial charge in [0.2, 0.25) is 0 Å². The van der Waals surface area contributed by atoms with Gasteiger partial charge in [0.05, 0.1) is 16.4 Å². The monoisotopic (exact) mass is 323 g/mol. The highest BCUT2D eigenvalue weighted by Gasteiger charge is 2.19. The number of halogens is 1. The molecule has 0 saturated carbocycles. The number of aromatic nitrogens is 2. The molecule has 1 aromatic heterocycles. The molecule has 0 radical (unpaired) electrons. The third-order valence-electron chi connectivity index (χ3n) is 2.62. The third-order valence-corrected chi connectivity index (χ3v) is 3.20. The number of H-pyrrole nitrogens is 1.